The Morgan fingerprint density at radius 1 is 0.604 bits per heavy atom. The molecule has 17 nitrogen and oxygen atoms in total. The SMILES string of the molecule is NC(N)=NCCC[C@@H]1NC(=O)[C@@H](Cc2ccc(O)cc2)NC(=O)[C@@H](CCCN=C(N)N)NC(=O)CNC(=O)[C@@H](Cc2ccc3ccccc3c2)NC1=O. The number of hydrogen-bond donors (Lipinski definition) is 10. The van der Waals surface area contributed by atoms with Crippen LogP contribution in [-0.2, 0) is 36.8 Å². The summed E-state index contributed by atoms with van der Waals surface area (Å²) in [4.78, 5) is 76.4. The zero-order chi connectivity index (χ0) is 38.3. The number of guanidine groups is 2. The molecular weight excluding hydrogens is 682 g/mol. The van der Waals surface area contributed by atoms with Gasteiger partial charge in [-0.3, -0.25) is 34.0 Å². The van der Waals surface area contributed by atoms with E-state index in [1.165, 1.54) is 12.1 Å². The summed E-state index contributed by atoms with van der Waals surface area (Å²) < 4.78 is 0. The molecule has 17 heteroatoms. The average molecular weight is 730 g/mol. The number of phenolic OH excluding ortho intramolecular Hbond substituents is 1. The van der Waals surface area contributed by atoms with E-state index in [1.54, 1.807) is 12.1 Å². The van der Waals surface area contributed by atoms with Crippen LogP contribution in [0.5, 0.6) is 5.75 Å². The van der Waals surface area contributed by atoms with Crippen LogP contribution >= 0.6 is 0 Å². The van der Waals surface area contributed by atoms with Gasteiger partial charge in [0, 0.05) is 25.9 Å². The summed E-state index contributed by atoms with van der Waals surface area (Å²) >= 11 is 0. The summed E-state index contributed by atoms with van der Waals surface area (Å²) in [5.41, 5.74) is 23.2. The lowest BCUT2D eigenvalue weighted by atomic mass is 10.00. The predicted molar refractivity (Wildman–Crippen MR) is 200 cm³/mol. The van der Waals surface area contributed by atoms with Crippen molar-refractivity contribution in [3.05, 3.63) is 77.9 Å². The summed E-state index contributed by atoms with van der Waals surface area (Å²) in [6.45, 7) is -0.176. The molecule has 1 aliphatic rings. The molecule has 53 heavy (non-hydrogen) atoms. The number of aliphatic imine (C=N–C) groups is 2. The van der Waals surface area contributed by atoms with Gasteiger partial charge in [0.05, 0.1) is 6.54 Å². The van der Waals surface area contributed by atoms with Crippen LogP contribution < -0.4 is 49.5 Å². The molecule has 0 unspecified atom stereocenters. The maximum absolute atomic E-state index is 14.0. The lowest BCUT2D eigenvalue weighted by molar-refractivity contribution is -0.134. The lowest BCUT2D eigenvalue weighted by Gasteiger charge is -2.26. The van der Waals surface area contributed by atoms with Gasteiger partial charge in [-0.25, -0.2) is 0 Å². The molecule has 0 bridgehead atoms. The highest BCUT2D eigenvalue weighted by Gasteiger charge is 2.32. The third kappa shape index (κ3) is 12.7. The molecule has 0 spiro atoms. The van der Waals surface area contributed by atoms with Gasteiger partial charge in [0.25, 0.3) is 0 Å². The predicted octanol–water partition coefficient (Wildman–Crippen LogP) is -1.49. The zero-order valence-corrected chi connectivity index (χ0v) is 29.2. The molecule has 0 aromatic heterocycles. The van der Waals surface area contributed by atoms with Crippen molar-refractivity contribution in [2.24, 2.45) is 32.9 Å². The van der Waals surface area contributed by atoms with Crippen LogP contribution in [0.25, 0.3) is 10.8 Å². The largest absolute Gasteiger partial charge is 0.508 e. The van der Waals surface area contributed by atoms with Crippen LogP contribution in [-0.4, -0.2) is 90.4 Å². The van der Waals surface area contributed by atoms with E-state index in [2.05, 4.69) is 36.6 Å². The molecule has 3 aromatic rings. The van der Waals surface area contributed by atoms with Gasteiger partial charge in [0.2, 0.25) is 29.5 Å². The molecule has 1 fully saturated rings. The van der Waals surface area contributed by atoms with E-state index >= 15 is 0 Å². The molecule has 0 aliphatic carbocycles. The summed E-state index contributed by atoms with van der Waals surface area (Å²) in [5, 5.41) is 25.2. The Kier molecular flexibility index (Phi) is 14.3. The monoisotopic (exact) mass is 729 g/mol. The highest BCUT2D eigenvalue weighted by molar-refractivity contribution is 5.97. The second-order valence-electron chi connectivity index (χ2n) is 12.7. The number of nitrogens with zero attached hydrogens (tertiary/aromatic N) is 2. The number of hydrogen-bond acceptors (Lipinski definition) is 8. The normalized spacial score (nSPS) is 20.0. The highest BCUT2D eigenvalue weighted by Crippen LogP contribution is 2.17. The van der Waals surface area contributed by atoms with Crippen LogP contribution in [0.3, 0.4) is 0 Å². The Hall–Kier alpha value is -6.39. The van der Waals surface area contributed by atoms with Crippen molar-refractivity contribution in [3.63, 3.8) is 0 Å². The Balaban J connectivity index is 1.68. The number of phenols is 1. The number of rotatable bonds is 12. The molecule has 0 radical (unpaired) electrons. The summed E-state index contributed by atoms with van der Waals surface area (Å²) in [6, 6.07) is 14.7. The van der Waals surface area contributed by atoms with E-state index in [9.17, 15) is 29.1 Å². The van der Waals surface area contributed by atoms with Crippen LogP contribution in [0.15, 0.2) is 76.7 Å². The van der Waals surface area contributed by atoms with Gasteiger partial charge >= 0.3 is 0 Å². The second kappa shape index (κ2) is 19.3. The fourth-order valence-corrected chi connectivity index (χ4v) is 5.79. The number of nitrogens with two attached hydrogens (primary N) is 4. The van der Waals surface area contributed by atoms with E-state index in [0.717, 1.165) is 16.3 Å². The first-order chi connectivity index (χ1) is 25.4. The third-order valence-electron chi connectivity index (χ3n) is 8.49. The van der Waals surface area contributed by atoms with Crippen LogP contribution in [0.4, 0.5) is 0 Å². The van der Waals surface area contributed by atoms with Gasteiger partial charge in [-0.2, -0.15) is 0 Å². The molecular formula is C36H47N11O6. The van der Waals surface area contributed by atoms with Crippen LogP contribution in [0.1, 0.15) is 36.8 Å². The quantitative estimate of drug-likeness (QED) is 0.0585. The minimum atomic E-state index is -1.23. The Labute approximate surface area is 306 Å². The third-order valence-corrected chi connectivity index (χ3v) is 8.49. The molecule has 1 aliphatic heterocycles. The second-order valence-corrected chi connectivity index (χ2v) is 12.7. The first-order valence-corrected chi connectivity index (χ1v) is 17.2. The zero-order valence-electron chi connectivity index (χ0n) is 29.2. The van der Waals surface area contributed by atoms with Gasteiger partial charge < -0.3 is 54.6 Å². The average Bonchev–Trinajstić information content (AvgIpc) is 3.12. The molecule has 3 aromatic carbocycles. The van der Waals surface area contributed by atoms with Crippen molar-refractivity contribution >= 4 is 52.2 Å². The standard InChI is InChI=1S/C36H47N11O6/c37-35(38)41-15-3-7-26-32(51)47-29(18-21-10-13-25(48)14-11-21)34(53)45-27(8-4-16-42-36(39)40)33(52)46-28(31(50)43-20-30(49)44-26)19-22-9-12-23-5-1-2-6-24(23)17-22/h1-2,5-6,9-14,17,26-29,48H,3-4,7-8,15-16,18-20H2,(H,43,50)(H,44,49)(H,45,53)(H,46,52)(H,47,51)(H4,37,38,41)(H4,39,40,42)/t26-,27+,28-,29-/m1/s1. The topological polar surface area (TPSA) is 295 Å². The number of carbonyl (C=O) groups is 5. The number of nitrogens with one attached hydrogen (secondary N) is 5. The van der Waals surface area contributed by atoms with E-state index in [-0.39, 0.29) is 62.9 Å². The van der Waals surface area contributed by atoms with E-state index in [4.69, 9.17) is 22.9 Å². The van der Waals surface area contributed by atoms with Crippen LogP contribution in [0, 0.1) is 0 Å². The lowest BCUT2D eigenvalue weighted by Crippen LogP contribution is -2.58. The van der Waals surface area contributed by atoms with Gasteiger partial charge in [-0.05, 0) is 59.7 Å². The fourth-order valence-electron chi connectivity index (χ4n) is 5.79. The van der Waals surface area contributed by atoms with Gasteiger partial charge in [0.1, 0.15) is 29.9 Å². The molecule has 5 amide bonds. The van der Waals surface area contributed by atoms with E-state index in [0.29, 0.717) is 12.0 Å². The van der Waals surface area contributed by atoms with Crippen molar-refractivity contribution in [1.29, 1.82) is 0 Å². The number of amides is 5. The number of fused-ring (bicyclic) bond motifs is 1. The van der Waals surface area contributed by atoms with Crippen molar-refractivity contribution in [2.75, 3.05) is 19.6 Å². The maximum atomic E-state index is 14.0. The van der Waals surface area contributed by atoms with Gasteiger partial charge in [0.15, 0.2) is 11.9 Å². The molecule has 4 rings (SSSR count). The Bertz CT molecular complexity index is 1820. The van der Waals surface area contributed by atoms with E-state index < -0.39 is 60.2 Å². The van der Waals surface area contributed by atoms with Gasteiger partial charge in [-0.1, -0.05) is 54.6 Å². The smallest absolute Gasteiger partial charge is 0.243 e. The van der Waals surface area contributed by atoms with Crippen molar-refractivity contribution < 1.29 is 29.1 Å². The molecule has 1 saturated heterocycles. The first-order valence-electron chi connectivity index (χ1n) is 17.2. The summed E-state index contributed by atoms with van der Waals surface area (Å²) in [7, 11) is 0. The minimum absolute atomic E-state index is 0.00627. The molecule has 0 saturated carbocycles. The summed E-state index contributed by atoms with van der Waals surface area (Å²) in [5.74, 6) is -3.66. The Morgan fingerprint density at radius 2 is 1.09 bits per heavy atom. The van der Waals surface area contributed by atoms with Gasteiger partial charge in [-0.15, -0.1) is 0 Å². The molecule has 1 heterocycles. The molecule has 282 valence electrons. The maximum Gasteiger partial charge on any atom is 0.243 e. The fraction of sp³-hybridized carbons (Fsp3) is 0.361. The van der Waals surface area contributed by atoms with E-state index in [1.807, 2.05) is 42.5 Å². The first kappa shape index (κ1) is 39.4. The Morgan fingerprint density at radius 3 is 1.70 bits per heavy atom. The number of aromatic hydroxyl groups is 1. The van der Waals surface area contributed by atoms with Crippen molar-refractivity contribution in [1.82, 2.24) is 26.6 Å². The van der Waals surface area contributed by atoms with Crippen molar-refractivity contribution in [2.45, 2.75) is 62.7 Å². The minimum Gasteiger partial charge on any atom is -0.508 e. The van der Waals surface area contributed by atoms with Crippen LogP contribution in [0.2, 0.25) is 0 Å². The molecule has 4 atom stereocenters. The number of benzene rings is 3. The highest BCUT2D eigenvalue weighted by atomic mass is 16.3. The van der Waals surface area contributed by atoms with Crippen molar-refractivity contribution in [3.8, 4) is 5.75 Å². The summed E-state index contributed by atoms with van der Waals surface area (Å²) in [6.07, 6.45) is 0.777. The number of carbonyl (C=O) groups excluding carboxylic acids is 5. The molecule has 14 N–H and O–H groups in total.